The van der Waals surface area contributed by atoms with Crippen LogP contribution in [0.5, 0.6) is 5.75 Å². The number of hydrogen-bond acceptors (Lipinski definition) is 10. The molecule has 0 unspecified atom stereocenters. The maximum Gasteiger partial charge on any atom is 0.296 e. The third-order valence-electron chi connectivity index (χ3n) is 7.72. The van der Waals surface area contributed by atoms with Crippen molar-refractivity contribution in [2.45, 2.75) is 23.1 Å². The van der Waals surface area contributed by atoms with E-state index in [1.807, 2.05) is 48.5 Å². The first-order valence-corrected chi connectivity index (χ1v) is 17.0. The molecule has 1 atom stereocenters. The van der Waals surface area contributed by atoms with Crippen molar-refractivity contribution in [3.63, 3.8) is 0 Å². The average Bonchev–Trinajstić information content (AvgIpc) is 3.79. The minimum Gasteiger partial charge on any atom is -0.503 e. The van der Waals surface area contributed by atoms with Crippen molar-refractivity contribution < 1.29 is 19.4 Å². The Morgan fingerprint density at radius 3 is 2.54 bits per heavy atom. The molecule has 11 heteroatoms. The zero-order valence-electron chi connectivity index (χ0n) is 24.7. The number of carbonyl (C=O) groups is 2. The topological polar surface area (TPSA) is 106 Å². The number of benzene rings is 4. The molecule has 1 aliphatic heterocycles. The number of thiazole rings is 1. The number of aliphatic hydroxyl groups is 1. The summed E-state index contributed by atoms with van der Waals surface area (Å²) in [5, 5.41) is 23.4. The number of thioether (sulfide) groups is 1. The Kier molecular flexibility index (Phi) is 8.12. The SMILES string of the molecule is COc1cccc([C@@H]2C(C(=O)c3sc(-c4ccccc4)nc3C)=C(O)C(=O)N2c2nnc(SCc3cccc4ccccc34)s2)c1. The Labute approximate surface area is 277 Å². The number of Topliss-reactive ketones (excluding diaryl/α,β-unsaturated/α-hetero) is 1. The fourth-order valence-corrected chi connectivity index (χ4v) is 8.41. The molecule has 6 aromatic rings. The van der Waals surface area contributed by atoms with Gasteiger partial charge in [0.15, 0.2) is 10.1 Å². The number of aliphatic hydroxyl groups excluding tert-OH is 1. The molecule has 46 heavy (non-hydrogen) atoms. The molecule has 1 aliphatic rings. The molecule has 0 bridgehead atoms. The third kappa shape index (κ3) is 5.46. The van der Waals surface area contributed by atoms with Gasteiger partial charge in [-0.25, -0.2) is 4.98 Å². The van der Waals surface area contributed by atoms with E-state index in [-0.39, 0.29) is 10.7 Å². The molecule has 1 amide bonds. The predicted molar refractivity (Wildman–Crippen MR) is 183 cm³/mol. The van der Waals surface area contributed by atoms with Crippen LogP contribution in [0.25, 0.3) is 21.3 Å². The molecule has 8 nitrogen and oxygen atoms in total. The minimum absolute atomic E-state index is 0.0372. The number of amides is 1. The maximum absolute atomic E-state index is 14.3. The van der Waals surface area contributed by atoms with Crippen LogP contribution in [0.3, 0.4) is 0 Å². The Balaban J connectivity index is 1.24. The number of carbonyl (C=O) groups excluding carboxylic acids is 2. The van der Waals surface area contributed by atoms with E-state index in [0.29, 0.717) is 37.0 Å². The second-order valence-corrected chi connectivity index (χ2v) is 13.7. The Morgan fingerprint density at radius 1 is 0.957 bits per heavy atom. The number of methoxy groups -OCH3 is 1. The molecule has 0 radical (unpaired) electrons. The highest BCUT2D eigenvalue weighted by Crippen LogP contribution is 2.45. The zero-order chi connectivity index (χ0) is 31.8. The van der Waals surface area contributed by atoms with Gasteiger partial charge in [0.1, 0.15) is 10.8 Å². The first-order valence-electron chi connectivity index (χ1n) is 14.3. The number of fused-ring (bicyclic) bond motifs is 1. The van der Waals surface area contributed by atoms with Gasteiger partial charge >= 0.3 is 0 Å². The van der Waals surface area contributed by atoms with Crippen molar-refractivity contribution in [1.29, 1.82) is 0 Å². The van der Waals surface area contributed by atoms with Crippen molar-refractivity contribution in [1.82, 2.24) is 15.2 Å². The van der Waals surface area contributed by atoms with Crippen LogP contribution in [0.15, 0.2) is 113 Å². The molecular formula is C35H26N4O4S3. The van der Waals surface area contributed by atoms with Crippen molar-refractivity contribution >= 4 is 62.0 Å². The van der Waals surface area contributed by atoms with Crippen molar-refractivity contribution in [2.75, 3.05) is 12.0 Å². The van der Waals surface area contributed by atoms with Crippen molar-refractivity contribution in [2.24, 2.45) is 0 Å². The first kappa shape index (κ1) is 29.8. The van der Waals surface area contributed by atoms with E-state index >= 15 is 0 Å². The van der Waals surface area contributed by atoms with E-state index in [2.05, 4.69) is 39.4 Å². The van der Waals surface area contributed by atoms with E-state index in [0.717, 1.165) is 16.5 Å². The number of anilines is 1. The second-order valence-electron chi connectivity index (χ2n) is 10.5. The summed E-state index contributed by atoms with van der Waals surface area (Å²) in [7, 11) is 1.55. The van der Waals surface area contributed by atoms with Crippen LogP contribution < -0.4 is 9.64 Å². The highest BCUT2D eigenvalue weighted by atomic mass is 32.2. The largest absolute Gasteiger partial charge is 0.503 e. The minimum atomic E-state index is -0.958. The summed E-state index contributed by atoms with van der Waals surface area (Å²) >= 11 is 3.99. The standard InChI is InChI=1S/C35H26N4O4S3/c1-20-31(45-32(36-20)22-11-4-3-5-12-22)29(40)27-28(23-14-9-16-25(18-23)43-2)39(33(42)30(27)41)34-37-38-35(46-34)44-19-24-15-8-13-21-10-6-7-17-26(21)24/h3-18,28,41H,19H2,1-2H3/t28-/m1/s1. The van der Waals surface area contributed by atoms with E-state index < -0.39 is 23.5 Å². The van der Waals surface area contributed by atoms with Gasteiger partial charge in [-0.1, -0.05) is 108 Å². The molecule has 0 fully saturated rings. The second kappa shape index (κ2) is 12.5. The summed E-state index contributed by atoms with van der Waals surface area (Å²) in [5.41, 5.74) is 3.11. The Morgan fingerprint density at radius 2 is 1.72 bits per heavy atom. The third-order valence-corrected chi connectivity index (χ3v) is 11.0. The lowest BCUT2D eigenvalue weighted by atomic mass is 9.95. The molecular weight excluding hydrogens is 637 g/mol. The molecule has 3 heterocycles. The number of rotatable bonds is 9. The lowest BCUT2D eigenvalue weighted by Crippen LogP contribution is -2.31. The van der Waals surface area contributed by atoms with E-state index in [1.54, 1.807) is 38.3 Å². The van der Waals surface area contributed by atoms with Gasteiger partial charge in [-0.3, -0.25) is 14.5 Å². The van der Waals surface area contributed by atoms with Crippen LogP contribution in [0, 0.1) is 6.92 Å². The van der Waals surface area contributed by atoms with Gasteiger partial charge in [0.25, 0.3) is 5.91 Å². The molecule has 0 saturated carbocycles. The predicted octanol–water partition coefficient (Wildman–Crippen LogP) is 8.21. The summed E-state index contributed by atoms with van der Waals surface area (Å²) in [4.78, 5) is 34.4. The number of hydrogen-bond donors (Lipinski definition) is 1. The molecule has 228 valence electrons. The molecule has 0 spiro atoms. The number of nitrogens with zero attached hydrogens (tertiary/aromatic N) is 4. The van der Waals surface area contributed by atoms with E-state index in [9.17, 15) is 14.7 Å². The van der Waals surface area contributed by atoms with Gasteiger partial charge in [0.05, 0.1) is 29.3 Å². The summed E-state index contributed by atoms with van der Waals surface area (Å²) in [6, 6.07) is 30.2. The summed E-state index contributed by atoms with van der Waals surface area (Å²) in [6.07, 6.45) is 0. The molecule has 0 saturated heterocycles. The van der Waals surface area contributed by atoms with Gasteiger partial charge in [-0.05, 0) is 41.0 Å². The lowest BCUT2D eigenvalue weighted by molar-refractivity contribution is -0.117. The summed E-state index contributed by atoms with van der Waals surface area (Å²) in [6.45, 7) is 1.76. The van der Waals surface area contributed by atoms with Crippen LogP contribution in [0.2, 0.25) is 0 Å². The highest BCUT2D eigenvalue weighted by Gasteiger charge is 2.47. The van der Waals surface area contributed by atoms with Gasteiger partial charge in [-0.15, -0.1) is 21.5 Å². The molecule has 1 N–H and O–H groups in total. The maximum atomic E-state index is 14.3. The monoisotopic (exact) mass is 662 g/mol. The van der Waals surface area contributed by atoms with Crippen LogP contribution in [0.1, 0.15) is 32.5 Å². The highest BCUT2D eigenvalue weighted by molar-refractivity contribution is 8.00. The molecule has 4 aromatic carbocycles. The molecule has 2 aromatic heterocycles. The number of aromatic nitrogens is 3. The lowest BCUT2D eigenvalue weighted by Gasteiger charge is -2.24. The van der Waals surface area contributed by atoms with Gasteiger partial charge < -0.3 is 9.84 Å². The fourth-order valence-electron chi connectivity index (χ4n) is 5.51. The average molecular weight is 663 g/mol. The first-order chi connectivity index (χ1) is 22.4. The zero-order valence-corrected chi connectivity index (χ0v) is 27.2. The quantitative estimate of drug-likeness (QED) is 0.0939. The van der Waals surface area contributed by atoms with Crippen molar-refractivity contribution in [3.05, 3.63) is 130 Å². The van der Waals surface area contributed by atoms with Crippen LogP contribution in [-0.2, 0) is 10.5 Å². The van der Waals surface area contributed by atoms with Crippen LogP contribution in [-0.4, -0.2) is 39.1 Å². The number of aryl methyl sites for hydroxylation is 1. The number of ketones is 1. The van der Waals surface area contributed by atoms with Gasteiger partial charge in [-0.2, -0.15) is 0 Å². The molecule has 7 rings (SSSR count). The summed E-state index contributed by atoms with van der Waals surface area (Å²) in [5.74, 6) is -0.596. The normalized spacial score (nSPS) is 14.8. The van der Waals surface area contributed by atoms with Crippen LogP contribution in [0.4, 0.5) is 5.13 Å². The fraction of sp³-hybridized carbons (Fsp3) is 0.114. The Hall–Kier alpha value is -4.84. The van der Waals surface area contributed by atoms with Gasteiger partial charge in [0.2, 0.25) is 10.9 Å². The van der Waals surface area contributed by atoms with E-state index in [1.165, 1.54) is 44.7 Å². The Bertz CT molecular complexity index is 2140. The number of ether oxygens (including phenoxy) is 1. The smallest absolute Gasteiger partial charge is 0.296 e. The van der Waals surface area contributed by atoms with E-state index in [4.69, 9.17) is 4.74 Å². The van der Waals surface area contributed by atoms with Crippen molar-refractivity contribution in [3.8, 4) is 16.3 Å². The van der Waals surface area contributed by atoms with Crippen LogP contribution >= 0.6 is 34.4 Å². The molecule has 0 aliphatic carbocycles. The summed E-state index contributed by atoms with van der Waals surface area (Å²) < 4.78 is 6.12. The van der Waals surface area contributed by atoms with Gasteiger partial charge in [0, 0.05) is 11.3 Å².